The van der Waals surface area contributed by atoms with Gasteiger partial charge in [-0.2, -0.15) is 0 Å². The topological polar surface area (TPSA) is 114 Å². The van der Waals surface area contributed by atoms with E-state index in [-0.39, 0.29) is 43.3 Å². The van der Waals surface area contributed by atoms with E-state index in [1.54, 1.807) is 32.6 Å². The summed E-state index contributed by atoms with van der Waals surface area (Å²) >= 11 is 0. The lowest BCUT2D eigenvalue weighted by atomic mass is 9.95. The second-order valence-electron chi connectivity index (χ2n) is 10.6. The lowest BCUT2D eigenvalue weighted by Crippen LogP contribution is -2.56. The number of benzene rings is 1. The highest BCUT2D eigenvalue weighted by atomic mass is 16.6. The maximum absolute atomic E-state index is 14.1. The minimum Gasteiger partial charge on any atom is -0.466 e. The van der Waals surface area contributed by atoms with Crippen LogP contribution in [0.15, 0.2) is 24.3 Å². The van der Waals surface area contributed by atoms with Gasteiger partial charge in [0, 0.05) is 12.6 Å². The molecule has 2 N–H and O–H groups in total. The van der Waals surface area contributed by atoms with Gasteiger partial charge in [-0.25, -0.2) is 4.79 Å². The number of nitrogens with zero attached hydrogens (tertiary/aromatic N) is 1. The first-order valence-corrected chi connectivity index (χ1v) is 13.2. The second-order valence-corrected chi connectivity index (χ2v) is 10.6. The molecule has 0 radical (unpaired) electrons. The van der Waals surface area contributed by atoms with E-state index in [0.29, 0.717) is 12.0 Å². The highest BCUT2D eigenvalue weighted by Gasteiger charge is 2.45. The largest absolute Gasteiger partial charge is 0.466 e. The Morgan fingerprint density at radius 3 is 2.35 bits per heavy atom. The van der Waals surface area contributed by atoms with Gasteiger partial charge in [0.1, 0.15) is 17.7 Å². The van der Waals surface area contributed by atoms with Crippen LogP contribution in [-0.2, 0) is 23.9 Å². The number of hydrogen-bond donors (Lipinski definition) is 2. The zero-order chi connectivity index (χ0) is 27.8. The molecule has 1 aromatic carbocycles. The predicted molar refractivity (Wildman–Crippen MR) is 141 cm³/mol. The quantitative estimate of drug-likeness (QED) is 0.405. The maximum atomic E-state index is 14.1. The Balaban J connectivity index is 2.38. The second kappa shape index (κ2) is 13.4. The summed E-state index contributed by atoms with van der Waals surface area (Å²) in [5.74, 6) is -1.29. The van der Waals surface area contributed by atoms with Gasteiger partial charge < -0.3 is 25.0 Å². The van der Waals surface area contributed by atoms with Crippen LogP contribution in [0.3, 0.4) is 0 Å². The Labute approximate surface area is 220 Å². The van der Waals surface area contributed by atoms with Gasteiger partial charge in [0.2, 0.25) is 11.8 Å². The molecule has 1 saturated carbocycles. The molecule has 9 nitrogen and oxygen atoms in total. The highest BCUT2D eigenvalue weighted by molar-refractivity contribution is 5.93. The highest BCUT2D eigenvalue weighted by Crippen LogP contribution is 2.36. The third kappa shape index (κ3) is 9.37. The normalized spacial score (nSPS) is 15.6. The van der Waals surface area contributed by atoms with Gasteiger partial charge in [0.25, 0.3) is 0 Å². The Hall–Kier alpha value is -3.10. The molecule has 1 aliphatic carbocycles. The summed E-state index contributed by atoms with van der Waals surface area (Å²) in [6, 6.07) is 5.59. The SMILES string of the molecule is CCOC(=O)CCNC(=O)C(c1cccc(C)c1)N(C(=O)C(NC(=O)OC(C)(C)C)C(C)CC)C1CC1. The zero-order valence-electron chi connectivity index (χ0n) is 23.3. The van der Waals surface area contributed by atoms with Crippen molar-refractivity contribution in [3.05, 3.63) is 35.4 Å². The molecule has 0 aromatic heterocycles. The van der Waals surface area contributed by atoms with Crippen molar-refractivity contribution in [3.8, 4) is 0 Å². The molecule has 0 heterocycles. The minimum absolute atomic E-state index is 0.0349. The van der Waals surface area contributed by atoms with Crippen LogP contribution in [-0.4, -0.2) is 59.6 Å². The summed E-state index contributed by atoms with van der Waals surface area (Å²) in [5, 5.41) is 5.59. The molecule has 37 heavy (non-hydrogen) atoms. The summed E-state index contributed by atoms with van der Waals surface area (Å²) in [5.41, 5.74) is 0.913. The molecule has 0 spiro atoms. The Kier molecular flexibility index (Phi) is 10.9. The van der Waals surface area contributed by atoms with Crippen LogP contribution in [0.4, 0.5) is 4.79 Å². The van der Waals surface area contributed by atoms with Crippen LogP contribution in [0.5, 0.6) is 0 Å². The van der Waals surface area contributed by atoms with Crippen LogP contribution in [0.1, 0.15) is 84.4 Å². The predicted octanol–water partition coefficient (Wildman–Crippen LogP) is 4.04. The first-order chi connectivity index (χ1) is 17.4. The number of aryl methyl sites for hydroxylation is 1. The summed E-state index contributed by atoms with van der Waals surface area (Å²) in [6.07, 6.45) is 1.54. The van der Waals surface area contributed by atoms with E-state index in [2.05, 4.69) is 10.6 Å². The van der Waals surface area contributed by atoms with E-state index in [1.165, 1.54) is 0 Å². The van der Waals surface area contributed by atoms with Gasteiger partial charge in [-0.15, -0.1) is 0 Å². The van der Waals surface area contributed by atoms with Crippen LogP contribution in [0, 0.1) is 12.8 Å². The number of ether oxygens (including phenoxy) is 2. The number of hydrogen-bond acceptors (Lipinski definition) is 6. The molecule has 3 atom stereocenters. The first-order valence-electron chi connectivity index (χ1n) is 13.2. The fraction of sp³-hybridized carbons (Fsp3) is 0.643. The molecule has 0 saturated heterocycles. The van der Waals surface area contributed by atoms with Crippen LogP contribution in [0.2, 0.25) is 0 Å². The molecule has 3 amide bonds. The van der Waals surface area contributed by atoms with E-state index < -0.39 is 29.7 Å². The summed E-state index contributed by atoms with van der Waals surface area (Å²) in [7, 11) is 0. The molecule has 3 unspecified atom stereocenters. The molecular formula is C28H43N3O6. The Bertz CT molecular complexity index is 953. The molecule has 9 heteroatoms. The number of nitrogens with one attached hydrogen (secondary N) is 2. The van der Waals surface area contributed by atoms with Crippen molar-refractivity contribution < 1.29 is 28.7 Å². The van der Waals surface area contributed by atoms with Gasteiger partial charge in [0.05, 0.1) is 13.0 Å². The van der Waals surface area contributed by atoms with Crippen LogP contribution < -0.4 is 10.6 Å². The van der Waals surface area contributed by atoms with Crippen molar-refractivity contribution in [2.75, 3.05) is 13.2 Å². The fourth-order valence-corrected chi connectivity index (χ4v) is 4.05. The van der Waals surface area contributed by atoms with Crippen molar-refractivity contribution in [2.24, 2.45) is 5.92 Å². The van der Waals surface area contributed by atoms with Crippen molar-refractivity contribution in [1.82, 2.24) is 15.5 Å². The number of rotatable bonds is 12. The Morgan fingerprint density at radius 1 is 1.14 bits per heavy atom. The van der Waals surface area contributed by atoms with Crippen molar-refractivity contribution in [1.29, 1.82) is 0 Å². The lowest BCUT2D eigenvalue weighted by molar-refractivity contribution is -0.145. The maximum Gasteiger partial charge on any atom is 0.408 e. The summed E-state index contributed by atoms with van der Waals surface area (Å²) in [6.45, 7) is 13.1. The number of carbonyl (C=O) groups excluding carboxylic acids is 4. The number of alkyl carbamates (subject to hydrolysis) is 1. The third-order valence-corrected chi connectivity index (χ3v) is 6.16. The number of amides is 3. The zero-order valence-corrected chi connectivity index (χ0v) is 23.3. The van der Waals surface area contributed by atoms with Gasteiger partial charge in [-0.05, 0) is 58.9 Å². The lowest BCUT2D eigenvalue weighted by Gasteiger charge is -2.36. The minimum atomic E-state index is -0.908. The van der Waals surface area contributed by atoms with E-state index in [9.17, 15) is 19.2 Å². The Morgan fingerprint density at radius 2 is 1.81 bits per heavy atom. The van der Waals surface area contributed by atoms with Crippen molar-refractivity contribution >= 4 is 23.9 Å². The number of carbonyl (C=O) groups is 4. The molecule has 2 rings (SSSR count). The average molecular weight is 518 g/mol. The van der Waals surface area contributed by atoms with Crippen LogP contribution >= 0.6 is 0 Å². The molecular weight excluding hydrogens is 474 g/mol. The molecule has 206 valence electrons. The number of esters is 1. The molecule has 0 aliphatic heterocycles. The molecule has 1 aliphatic rings. The summed E-state index contributed by atoms with van der Waals surface area (Å²) < 4.78 is 10.4. The van der Waals surface area contributed by atoms with Gasteiger partial charge >= 0.3 is 12.1 Å². The van der Waals surface area contributed by atoms with Crippen LogP contribution in [0.25, 0.3) is 0 Å². The fourth-order valence-electron chi connectivity index (χ4n) is 4.05. The summed E-state index contributed by atoms with van der Waals surface area (Å²) in [4.78, 5) is 53.7. The van der Waals surface area contributed by atoms with E-state index in [1.807, 2.05) is 45.0 Å². The third-order valence-electron chi connectivity index (χ3n) is 6.16. The smallest absolute Gasteiger partial charge is 0.408 e. The van der Waals surface area contributed by atoms with Crippen molar-refractivity contribution in [2.45, 2.75) is 97.9 Å². The first kappa shape index (κ1) is 30.1. The van der Waals surface area contributed by atoms with Gasteiger partial charge in [-0.3, -0.25) is 14.4 Å². The van der Waals surface area contributed by atoms with Gasteiger partial charge in [-0.1, -0.05) is 50.1 Å². The van der Waals surface area contributed by atoms with Crippen molar-refractivity contribution in [3.63, 3.8) is 0 Å². The van der Waals surface area contributed by atoms with E-state index >= 15 is 0 Å². The average Bonchev–Trinajstić information content (AvgIpc) is 3.64. The van der Waals surface area contributed by atoms with E-state index in [0.717, 1.165) is 18.4 Å². The molecule has 1 fully saturated rings. The monoisotopic (exact) mass is 517 g/mol. The molecule has 0 bridgehead atoms. The van der Waals surface area contributed by atoms with E-state index in [4.69, 9.17) is 9.47 Å². The van der Waals surface area contributed by atoms with Gasteiger partial charge in [0.15, 0.2) is 0 Å². The molecule has 1 aromatic rings. The standard InChI is InChI=1S/C28H43N3O6/c1-8-19(4)23(30-27(35)37-28(5,6)7)26(34)31(21-13-14-21)24(20-12-10-11-18(3)17-20)25(33)29-16-15-22(32)36-9-2/h10-12,17,19,21,23-24H,8-9,13-16H2,1-7H3,(H,29,33)(H,30,35).